The van der Waals surface area contributed by atoms with Crippen LogP contribution in [0.5, 0.6) is 0 Å². The van der Waals surface area contributed by atoms with E-state index in [1.165, 1.54) is 31.4 Å². The fourth-order valence-corrected chi connectivity index (χ4v) is 2.59. The predicted octanol–water partition coefficient (Wildman–Crippen LogP) is 1.59. The van der Waals surface area contributed by atoms with Crippen molar-refractivity contribution in [3.63, 3.8) is 0 Å². The maximum atomic E-state index is 5.83. The van der Waals surface area contributed by atoms with Crippen LogP contribution in [0.1, 0.15) is 31.4 Å². The summed E-state index contributed by atoms with van der Waals surface area (Å²) in [5.74, 6) is 0. The van der Waals surface area contributed by atoms with Crippen molar-refractivity contribution in [2.75, 3.05) is 0 Å². The van der Waals surface area contributed by atoms with Crippen LogP contribution in [0.3, 0.4) is 0 Å². The first-order valence-corrected chi connectivity index (χ1v) is 4.99. The van der Waals surface area contributed by atoms with Gasteiger partial charge in [-0.2, -0.15) is 5.10 Å². The Morgan fingerprint density at radius 3 is 3.23 bits per heavy atom. The maximum absolute atomic E-state index is 5.83. The summed E-state index contributed by atoms with van der Waals surface area (Å²) in [5, 5.41) is 4.20. The van der Waals surface area contributed by atoms with Crippen molar-refractivity contribution in [2.45, 2.75) is 37.4 Å². The molecule has 0 bridgehead atoms. The number of aromatic nitrogens is 2. The summed E-state index contributed by atoms with van der Waals surface area (Å²) >= 11 is 0. The SMILES string of the molecule is Cn1nccc1C12CCCCC1O2. The number of aryl methyl sites for hydroxylation is 1. The van der Waals surface area contributed by atoms with Crippen LogP contribution < -0.4 is 0 Å². The molecule has 1 aliphatic carbocycles. The van der Waals surface area contributed by atoms with Crippen molar-refractivity contribution in [1.82, 2.24) is 9.78 Å². The molecular formula is C10H14N2O. The van der Waals surface area contributed by atoms with Gasteiger partial charge >= 0.3 is 0 Å². The van der Waals surface area contributed by atoms with E-state index in [2.05, 4.69) is 11.2 Å². The highest BCUT2D eigenvalue weighted by Crippen LogP contribution is 2.54. The number of hydrogen-bond acceptors (Lipinski definition) is 2. The molecule has 2 unspecified atom stereocenters. The zero-order valence-corrected chi connectivity index (χ0v) is 7.86. The van der Waals surface area contributed by atoms with Crippen LogP contribution >= 0.6 is 0 Å². The molecule has 3 nitrogen and oxygen atoms in total. The Bertz CT molecular complexity index is 333. The van der Waals surface area contributed by atoms with E-state index < -0.39 is 0 Å². The van der Waals surface area contributed by atoms with Crippen LogP contribution in [-0.4, -0.2) is 15.9 Å². The lowest BCUT2D eigenvalue weighted by Gasteiger charge is -2.16. The third-order valence-corrected chi connectivity index (χ3v) is 3.33. The molecule has 2 atom stereocenters. The molecule has 3 rings (SSSR count). The van der Waals surface area contributed by atoms with Crippen molar-refractivity contribution in [1.29, 1.82) is 0 Å². The molecule has 0 radical (unpaired) electrons. The van der Waals surface area contributed by atoms with E-state index >= 15 is 0 Å². The highest BCUT2D eigenvalue weighted by atomic mass is 16.6. The molecule has 70 valence electrons. The van der Waals surface area contributed by atoms with Gasteiger partial charge in [0.25, 0.3) is 0 Å². The number of rotatable bonds is 1. The van der Waals surface area contributed by atoms with Crippen molar-refractivity contribution < 1.29 is 4.74 Å². The van der Waals surface area contributed by atoms with E-state index in [-0.39, 0.29) is 5.60 Å². The first-order valence-electron chi connectivity index (χ1n) is 4.99. The first-order chi connectivity index (χ1) is 6.33. The largest absolute Gasteiger partial charge is 0.359 e. The number of hydrogen-bond donors (Lipinski definition) is 0. The lowest BCUT2D eigenvalue weighted by molar-refractivity contribution is 0.277. The molecular weight excluding hydrogens is 164 g/mol. The summed E-state index contributed by atoms with van der Waals surface area (Å²) in [7, 11) is 2.00. The predicted molar refractivity (Wildman–Crippen MR) is 48.2 cm³/mol. The van der Waals surface area contributed by atoms with Crippen LogP contribution in [0.4, 0.5) is 0 Å². The van der Waals surface area contributed by atoms with Gasteiger partial charge in [-0.15, -0.1) is 0 Å². The molecule has 1 saturated carbocycles. The average molecular weight is 178 g/mol. The molecule has 2 aliphatic rings. The summed E-state index contributed by atoms with van der Waals surface area (Å²) in [4.78, 5) is 0. The van der Waals surface area contributed by atoms with Crippen molar-refractivity contribution >= 4 is 0 Å². The summed E-state index contributed by atoms with van der Waals surface area (Å²) < 4.78 is 7.78. The Morgan fingerprint density at radius 1 is 1.62 bits per heavy atom. The van der Waals surface area contributed by atoms with Gasteiger partial charge in [0.05, 0.1) is 11.8 Å². The Labute approximate surface area is 77.7 Å². The molecule has 2 heterocycles. The minimum atomic E-state index is 0.0590. The molecule has 1 saturated heterocycles. The van der Waals surface area contributed by atoms with Crippen molar-refractivity contribution in [2.24, 2.45) is 7.05 Å². The molecule has 0 N–H and O–H groups in total. The van der Waals surface area contributed by atoms with Crippen LogP contribution in [0.15, 0.2) is 12.3 Å². The smallest absolute Gasteiger partial charge is 0.136 e. The van der Waals surface area contributed by atoms with E-state index in [4.69, 9.17) is 4.74 Å². The Hall–Kier alpha value is -0.830. The minimum Gasteiger partial charge on any atom is -0.359 e. The molecule has 3 heteroatoms. The Balaban J connectivity index is 1.97. The minimum absolute atomic E-state index is 0.0590. The van der Waals surface area contributed by atoms with Gasteiger partial charge in [0, 0.05) is 13.2 Å². The number of nitrogens with zero attached hydrogens (tertiary/aromatic N) is 2. The molecule has 1 aromatic rings. The van der Waals surface area contributed by atoms with Gasteiger partial charge in [0.15, 0.2) is 0 Å². The average Bonchev–Trinajstić information content (AvgIpc) is 2.74. The molecule has 13 heavy (non-hydrogen) atoms. The Morgan fingerprint density at radius 2 is 2.54 bits per heavy atom. The maximum Gasteiger partial charge on any atom is 0.136 e. The number of epoxide rings is 1. The Kier molecular flexibility index (Phi) is 1.37. The molecule has 2 fully saturated rings. The number of ether oxygens (including phenoxy) is 1. The van der Waals surface area contributed by atoms with Crippen molar-refractivity contribution in [3.8, 4) is 0 Å². The fraction of sp³-hybridized carbons (Fsp3) is 0.700. The van der Waals surface area contributed by atoms with Gasteiger partial charge in [-0.3, -0.25) is 4.68 Å². The molecule has 1 aliphatic heterocycles. The molecule has 0 aromatic carbocycles. The van der Waals surface area contributed by atoms with Crippen LogP contribution in [0.25, 0.3) is 0 Å². The van der Waals surface area contributed by atoms with E-state index in [0.29, 0.717) is 6.10 Å². The zero-order valence-electron chi connectivity index (χ0n) is 7.86. The summed E-state index contributed by atoms with van der Waals surface area (Å²) in [6.45, 7) is 0. The van der Waals surface area contributed by atoms with E-state index in [1.54, 1.807) is 0 Å². The van der Waals surface area contributed by atoms with E-state index in [9.17, 15) is 0 Å². The standard InChI is InChI=1S/C10H14N2O/c1-12-8(5-7-11-12)10-6-3-2-4-9(10)13-10/h5,7,9H,2-4,6H2,1H3. The van der Waals surface area contributed by atoms with E-state index in [1.807, 2.05) is 17.9 Å². The lowest BCUT2D eigenvalue weighted by Crippen LogP contribution is -2.20. The van der Waals surface area contributed by atoms with Gasteiger partial charge in [-0.25, -0.2) is 0 Å². The molecule has 0 amide bonds. The monoisotopic (exact) mass is 178 g/mol. The van der Waals surface area contributed by atoms with Gasteiger partial charge in [0.1, 0.15) is 5.60 Å². The lowest BCUT2D eigenvalue weighted by atomic mass is 9.87. The molecule has 0 spiro atoms. The van der Waals surface area contributed by atoms with E-state index in [0.717, 1.165) is 0 Å². The molecule has 1 aromatic heterocycles. The van der Waals surface area contributed by atoms with Crippen LogP contribution in [-0.2, 0) is 17.4 Å². The van der Waals surface area contributed by atoms with Gasteiger partial charge < -0.3 is 4.74 Å². The number of fused-ring (bicyclic) bond motifs is 1. The first kappa shape index (κ1) is 7.56. The third-order valence-electron chi connectivity index (χ3n) is 3.33. The highest BCUT2D eigenvalue weighted by Gasteiger charge is 2.59. The fourth-order valence-electron chi connectivity index (χ4n) is 2.59. The van der Waals surface area contributed by atoms with Gasteiger partial charge in [-0.05, 0) is 25.3 Å². The second-order valence-corrected chi connectivity index (χ2v) is 4.08. The summed E-state index contributed by atoms with van der Waals surface area (Å²) in [6.07, 6.45) is 7.36. The second kappa shape index (κ2) is 2.35. The third kappa shape index (κ3) is 0.908. The highest BCUT2D eigenvalue weighted by molar-refractivity contribution is 5.23. The van der Waals surface area contributed by atoms with Crippen LogP contribution in [0, 0.1) is 0 Å². The topological polar surface area (TPSA) is 30.4 Å². The van der Waals surface area contributed by atoms with Gasteiger partial charge in [0.2, 0.25) is 0 Å². The quantitative estimate of drug-likeness (QED) is 0.611. The van der Waals surface area contributed by atoms with Gasteiger partial charge in [-0.1, -0.05) is 6.42 Å². The summed E-state index contributed by atoms with van der Waals surface area (Å²) in [6, 6.07) is 2.09. The normalized spacial score (nSPS) is 37.2. The van der Waals surface area contributed by atoms with Crippen LogP contribution in [0.2, 0.25) is 0 Å². The zero-order chi connectivity index (χ0) is 8.89. The second-order valence-electron chi connectivity index (χ2n) is 4.08. The van der Waals surface area contributed by atoms with Crippen molar-refractivity contribution in [3.05, 3.63) is 18.0 Å². The summed E-state index contributed by atoms with van der Waals surface area (Å²) in [5.41, 5.74) is 1.32.